The molecule has 2 aromatic rings. The predicted molar refractivity (Wildman–Crippen MR) is 79.6 cm³/mol. The van der Waals surface area contributed by atoms with Crippen LogP contribution in [-0.4, -0.2) is 45.0 Å². The molecule has 0 spiro atoms. The lowest BCUT2D eigenvalue weighted by Gasteiger charge is -2.30. The highest BCUT2D eigenvalue weighted by atomic mass is 19.4. The summed E-state index contributed by atoms with van der Waals surface area (Å²) in [4.78, 5) is 2.00. The third-order valence-electron chi connectivity index (χ3n) is 4.02. The Labute approximate surface area is 142 Å². The molecule has 25 heavy (non-hydrogen) atoms. The molecular weight excluding hydrogens is 339 g/mol. The van der Waals surface area contributed by atoms with E-state index in [0.717, 1.165) is 31.6 Å². The lowest BCUT2D eigenvalue weighted by Crippen LogP contribution is -2.35. The molecule has 0 N–H and O–H groups in total. The molecular formula is C15H18F3N5O2. The van der Waals surface area contributed by atoms with Gasteiger partial charge in [-0.2, -0.15) is 18.3 Å². The minimum Gasteiger partial charge on any atom is -0.476 e. The molecule has 0 atom stereocenters. The van der Waals surface area contributed by atoms with Crippen LogP contribution in [0.2, 0.25) is 0 Å². The molecule has 3 rings (SSSR count). The Balaban J connectivity index is 1.42. The number of alkyl halides is 3. The smallest absolute Gasteiger partial charge is 0.470 e. The molecule has 1 fully saturated rings. The van der Waals surface area contributed by atoms with Crippen LogP contribution >= 0.6 is 0 Å². The molecule has 10 heteroatoms. The van der Waals surface area contributed by atoms with E-state index in [4.69, 9.17) is 4.74 Å². The van der Waals surface area contributed by atoms with Crippen LogP contribution in [0, 0.1) is 12.8 Å². The van der Waals surface area contributed by atoms with Gasteiger partial charge in [-0.25, -0.2) is 0 Å². The third-order valence-corrected chi connectivity index (χ3v) is 4.02. The summed E-state index contributed by atoms with van der Waals surface area (Å²) >= 11 is 0. The molecule has 1 aliphatic rings. The summed E-state index contributed by atoms with van der Waals surface area (Å²) in [5.41, 5.74) is 0.829. The second-order valence-corrected chi connectivity index (χ2v) is 6.04. The average molecular weight is 357 g/mol. The molecule has 0 bridgehead atoms. The van der Waals surface area contributed by atoms with Crippen molar-refractivity contribution in [2.45, 2.75) is 32.5 Å². The predicted octanol–water partition coefficient (Wildman–Crippen LogP) is 2.48. The highest BCUT2D eigenvalue weighted by Crippen LogP contribution is 2.28. The molecule has 0 aromatic carbocycles. The molecule has 0 radical (unpaired) electrons. The van der Waals surface area contributed by atoms with E-state index < -0.39 is 12.1 Å². The van der Waals surface area contributed by atoms with Crippen LogP contribution in [0.25, 0.3) is 0 Å². The Morgan fingerprint density at radius 2 is 1.92 bits per heavy atom. The summed E-state index contributed by atoms with van der Waals surface area (Å²) in [6, 6.07) is 3.62. The van der Waals surface area contributed by atoms with Gasteiger partial charge in [0.15, 0.2) is 0 Å². The van der Waals surface area contributed by atoms with E-state index in [1.54, 1.807) is 6.07 Å². The minimum absolute atomic E-state index is 0.0167. The summed E-state index contributed by atoms with van der Waals surface area (Å²) in [6.45, 7) is 4.09. The fourth-order valence-electron chi connectivity index (χ4n) is 2.60. The van der Waals surface area contributed by atoms with Crippen molar-refractivity contribution in [2.75, 3.05) is 19.7 Å². The Bertz CT molecular complexity index is 681. The molecule has 0 amide bonds. The van der Waals surface area contributed by atoms with Crippen molar-refractivity contribution in [3.05, 3.63) is 29.6 Å². The highest BCUT2D eigenvalue weighted by Gasteiger charge is 2.38. The first-order valence-electron chi connectivity index (χ1n) is 7.95. The van der Waals surface area contributed by atoms with E-state index in [1.165, 1.54) is 0 Å². The summed E-state index contributed by atoms with van der Waals surface area (Å²) in [6.07, 6.45) is -2.85. The van der Waals surface area contributed by atoms with Crippen LogP contribution < -0.4 is 4.74 Å². The summed E-state index contributed by atoms with van der Waals surface area (Å²) in [5, 5.41) is 14.4. The van der Waals surface area contributed by atoms with Crippen molar-refractivity contribution in [2.24, 2.45) is 5.92 Å². The molecule has 7 nitrogen and oxygen atoms in total. The van der Waals surface area contributed by atoms with Crippen LogP contribution in [0.5, 0.6) is 5.88 Å². The van der Waals surface area contributed by atoms with E-state index >= 15 is 0 Å². The van der Waals surface area contributed by atoms with Gasteiger partial charge in [-0.1, -0.05) is 0 Å². The van der Waals surface area contributed by atoms with Crippen molar-refractivity contribution in [3.63, 3.8) is 0 Å². The van der Waals surface area contributed by atoms with E-state index in [-0.39, 0.29) is 12.4 Å². The number of rotatable bonds is 5. The van der Waals surface area contributed by atoms with Gasteiger partial charge in [0, 0.05) is 6.07 Å². The second kappa shape index (κ2) is 7.34. The molecule has 0 saturated carbocycles. The molecule has 1 saturated heterocycles. The normalized spacial score (nSPS) is 17.0. The summed E-state index contributed by atoms with van der Waals surface area (Å²) in [5.74, 6) is -0.451. The quantitative estimate of drug-likeness (QED) is 0.813. The number of piperidine rings is 1. The maximum atomic E-state index is 12.4. The molecule has 0 unspecified atom stereocenters. The van der Waals surface area contributed by atoms with Crippen LogP contribution in [0.4, 0.5) is 13.2 Å². The maximum absolute atomic E-state index is 12.4. The lowest BCUT2D eigenvalue weighted by atomic mass is 9.98. The monoisotopic (exact) mass is 357 g/mol. The van der Waals surface area contributed by atoms with Gasteiger partial charge >= 0.3 is 12.1 Å². The first kappa shape index (κ1) is 17.6. The average Bonchev–Trinajstić information content (AvgIpc) is 3.05. The highest BCUT2D eigenvalue weighted by molar-refractivity contribution is 5.10. The number of ether oxygens (including phenoxy) is 1. The number of aryl methyl sites for hydroxylation is 1. The molecule has 2 aromatic heterocycles. The lowest BCUT2D eigenvalue weighted by molar-refractivity contribution is -0.157. The first-order chi connectivity index (χ1) is 11.9. The van der Waals surface area contributed by atoms with E-state index in [2.05, 4.69) is 24.8 Å². The number of hydrogen-bond acceptors (Lipinski definition) is 7. The second-order valence-electron chi connectivity index (χ2n) is 6.04. The van der Waals surface area contributed by atoms with Gasteiger partial charge in [-0.15, -0.1) is 15.3 Å². The van der Waals surface area contributed by atoms with E-state index in [1.807, 2.05) is 17.9 Å². The van der Waals surface area contributed by atoms with Crippen LogP contribution in [0.3, 0.4) is 0 Å². The van der Waals surface area contributed by atoms with Gasteiger partial charge in [0.25, 0.3) is 0 Å². The Kier molecular flexibility index (Phi) is 5.16. The van der Waals surface area contributed by atoms with E-state index in [0.29, 0.717) is 18.4 Å². The summed E-state index contributed by atoms with van der Waals surface area (Å²) in [7, 11) is 0. The number of likely N-dealkylation sites (tertiary alicyclic amines) is 1. The molecule has 3 heterocycles. The van der Waals surface area contributed by atoms with Crippen LogP contribution in [0.1, 0.15) is 30.3 Å². The molecule has 136 valence electrons. The van der Waals surface area contributed by atoms with Crippen molar-refractivity contribution in [1.82, 2.24) is 25.3 Å². The van der Waals surface area contributed by atoms with Gasteiger partial charge in [-0.3, -0.25) is 4.90 Å². The fourth-order valence-corrected chi connectivity index (χ4v) is 2.60. The Morgan fingerprint density at radius 3 is 2.52 bits per heavy atom. The zero-order valence-electron chi connectivity index (χ0n) is 13.7. The van der Waals surface area contributed by atoms with Crippen molar-refractivity contribution in [3.8, 4) is 5.88 Å². The van der Waals surface area contributed by atoms with Crippen molar-refractivity contribution in [1.29, 1.82) is 0 Å². The largest absolute Gasteiger partial charge is 0.476 e. The minimum atomic E-state index is -4.60. The van der Waals surface area contributed by atoms with Gasteiger partial charge in [-0.05, 0) is 44.8 Å². The topological polar surface area (TPSA) is 77.2 Å². The van der Waals surface area contributed by atoms with E-state index in [9.17, 15) is 13.2 Å². The van der Waals surface area contributed by atoms with Gasteiger partial charge < -0.3 is 9.15 Å². The Hall–Kier alpha value is -2.23. The Morgan fingerprint density at radius 1 is 1.16 bits per heavy atom. The van der Waals surface area contributed by atoms with Gasteiger partial charge in [0.1, 0.15) is 0 Å². The number of nitrogens with zero attached hydrogens (tertiary/aromatic N) is 5. The van der Waals surface area contributed by atoms with Crippen molar-refractivity contribution < 1.29 is 22.3 Å². The van der Waals surface area contributed by atoms with Gasteiger partial charge in [0.05, 0.1) is 18.8 Å². The standard InChI is InChI=1S/C15H18F3N5O2/c1-10-2-3-12(20-19-10)24-9-11-4-6-23(7-5-11)8-13-21-22-14(25-13)15(16,17)18/h2-3,11H,4-9H2,1H3. The SMILES string of the molecule is Cc1ccc(OCC2CCN(Cc3nnc(C(F)(F)F)o3)CC2)nn1. The van der Waals surface area contributed by atoms with Crippen molar-refractivity contribution >= 4 is 0 Å². The van der Waals surface area contributed by atoms with Crippen LogP contribution in [-0.2, 0) is 12.7 Å². The van der Waals surface area contributed by atoms with Gasteiger partial charge in [0.2, 0.25) is 11.8 Å². The first-order valence-corrected chi connectivity index (χ1v) is 7.95. The summed E-state index contributed by atoms with van der Waals surface area (Å²) < 4.78 is 47.6. The number of halogens is 3. The molecule has 1 aliphatic heterocycles. The maximum Gasteiger partial charge on any atom is 0.470 e. The number of hydrogen-bond donors (Lipinski definition) is 0. The molecule has 0 aliphatic carbocycles. The van der Waals surface area contributed by atoms with Crippen LogP contribution in [0.15, 0.2) is 16.5 Å². The zero-order chi connectivity index (χ0) is 17.9. The fraction of sp³-hybridized carbons (Fsp3) is 0.600. The number of aromatic nitrogens is 4. The zero-order valence-corrected chi connectivity index (χ0v) is 13.7. The third kappa shape index (κ3) is 4.88.